The Bertz CT molecular complexity index is 266. The molecule has 0 unspecified atom stereocenters. The normalized spacial score (nSPS) is 14.0. The van der Waals surface area contributed by atoms with Crippen LogP contribution in [0.3, 0.4) is 0 Å². The van der Waals surface area contributed by atoms with Gasteiger partial charge in [0.25, 0.3) is 0 Å². The molecule has 15 heavy (non-hydrogen) atoms. The van der Waals surface area contributed by atoms with Gasteiger partial charge < -0.3 is 21.3 Å². The second-order valence-corrected chi connectivity index (χ2v) is 3.12. The fourth-order valence-electron chi connectivity index (χ4n) is 0.873. The van der Waals surface area contributed by atoms with Crippen LogP contribution in [-0.4, -0.2) is 35.1 Å². The molecule has 0 bridgehead atoms. The van der Waals surface area contributed by atoms with Gasteiger partial charge in [-0.1, -0.05) is 0 Å². The van der Waals surface area contributed by atoms with E-state index in [-0.39, 0.29) is 12.8 Å². The minimum atomic E-state index is -1.14. The molecule has 0 saturated carbocycles. The Balaban J connectivity index is 4.01. The highest BCUT2D eigenvalue weighted by Crippen LogP contribution is 2.01. The van der Waals surface area contributed by atoms with Crippen molar-refractivity contribution in [3.8, 4) is 0 Å². The maximum Gasteiger partial charge on any atom is 0.323 e. The number of carbonyl (C=O) groups excluding carboxylic acids is 2. The molecule has 0 fully saturated rings. The molecule has 0 spiro atoms. The van der Waals surface area contributed by atoms with Crippen molar-refractivity contribution in [3.63, 3.8) is 0 Å². The highest BCUT2D eigenvalue weighted by atomic mass is 16.5. The van der Waals surface area contributed by atoms with E-state index < -0.39 is 30.0 Å². The lowest BCUT2D eigenvalue weighted by Gasteiger charge is -2.14. The minimum absolute atomic E-state index is 0.310. The van der Waals surface area contributed by atoms with Crippen molar-refractivity contribution in [3.05, 3.63) is 0 Å². The zero-order valence-electron chi connectivity index (χ0n) is 8.30. The molecule has 0 aliphatic rings. The second kappa shape index (κ2) is 5.97. The van der Waals surface area contributed by atoms with E-state index in [9.17, 15) is 14.4 Å². The summed E-state index contributed by atoms with van der Waals surface area (Å²) >= 11 is 0. The Hall–Kier alpha value is -1.63. The van der Waals surface area contributed by atoms with Crippen molar-refractivity contribution in [2.24, 2.45) is 11.5 Å². The number of nitrogens with two attached hydrogens (primary N) is 2. The van der Waals surface area contributed by atoms with Gasteiger partial charge in [0.1, 0.15) is 12.1 Å². The van der Waals surface area contributed by atoms with Gasteiger partial charge in [-0.15, -0.1) is 0 Å². The smallest absolute Gasteiger partial charge is 0.323 e. The first-order valence-corrected chi connectivity index (χ1v) is 4.29. The van der Waals surface area contributed by atoms with Crippen molar-refractivity contribution in [2.75, 3.05) is 0 Å². The Labute approximate surface area is 86.4 Å². The molecule has 0 aromatic rings. The summed E-state index contributed by atoms with van der Waals surface area (Å²) in [4.78, 5) is 31.8. The topological polar surface area (TPSA) is 133 Å². The molecule has 0 rings (SSSR count). The molecule has 7 heteroatoms. The zero-order valence-corrected chi connectivity index (χ0v) is 8.30. The summed E-state index contributed by atoms with van der Waals surface area (Å²) in [7, 11) is 0. The van der Waals surface area contributed by atoms with E-state index in [0.29, 0.717) is 0 Å². The summed E-state index contributed by atoms with van der Waals surface area (Å²) < 4.78 is 4.67. The minimum Gasteiger partial charge on any atom is -0.481 e. The fraction of sp³-hybridized carbons (Fsp3) is 0.625. The van der Waals surface area contributed by atoms with Crippen LogP contribution in [-0.2, 0) is 19.1 Å². The van der Waals surface area contributed by atoms with Crippen molar-refractivity contribution < 1.29 is 24.2 Å². The van der Waals surface area contributed by atoms with Gasteiger partial charge in [0.05, 0.1) is 12.8 Å². The third-order valence-electron chi connectivity index (χ3n) is 1.50. The van der Waals surface area contributed by atoms with E-state index >= 15 is 0 Å². The molecule has 0 heterocycles. The first kappa shape index (κ1) is 13.4. The van der Waals surface area contributed by atoms with Crippen LogP contribution >= 0.6 is 0 Å². The third-order valence-corrected chi connectivity index (χ3v) is 1.50. The fourth-order valence-corrected chi connectivity index (χ4v) is 0.873. The maximum absolute atomic E-state index is 11.1. The van der Waals surface area contributed by atoms with Crippen LogP contribution in [0.2, 0.25) is 0 Å². The van der Waals surface area contributed by atoms with Gasteiger partial charge in [-0.3, -0.25) is 14.4 Å². The van der Waals surface area contributed by atoms with Gasteiger partial charge in [-0.2, -0.15) is 0 Å². The summed E-state index contributed by atoms with van der Waals surface area (Å²) in [6.07, 6.45) is -1.41. The number of amides is 1. The van der Waals surface area contributed by atoms with Crippen LogP contribution in [0.4, 0.5) is 0 Å². The number of carboxylic acid groups (broad SMARTS) is 1. The largest absolute Gasteiger partial charge is 0.481 e. The highest BCUT2D eigenvalue weighted by Gasteiger charge is 2.20. The SMILES string of the molecule is C[C@H](CC(=O)O)OC(=O)[C@@H](N)CC(N)=O. The predicted octanol–water partition coefficient (Wildman–Crippen LogP) is -1.40. The Morgan fingerprint density at radius 2 is 1.87 bits per heavy atom. The van der Waals surface area contributed by atoms with Gasteiger partial charge in [0.15, 0.2) is 0 Å². The maximum atomic E-state index is 11.1. The lowest BCUT2D eigenvalue weighted by Crippen LogP contribution is -2.38. The number of esters is 1. The van der Waals surface area contributed by atoms with Crippen LogP contribution < -0.4 is 11.5 Å². The molecular formula is C8H14N2O5. The molecule has 86 valence electrons. The monoisotopic (exact) mass is 218 g/mol. The lowest BCUT2D eigenvalue weighted by molar-refractivity contribution is -0.154. The van der Waals surface area contributed by atoms with E-state index in [1.165, 1.54) is 6.92 Å². The number of carbonyl (C=O) groups is 3. The van der Waals surface area contributed by atoms with Gasteiger partial charge in [0, 0.05) is 0 Å². The highest BCUT2D eigenvalue weighted by molar-refractivity contribution is 5.84. The average Bonchev–Trinajstić information content (AvgIpc) is 2.00. The zero-order chi connectivity index (χ0) is 12.0. The Morgan fingerprint density at radius 3 is 2.27 bits per heavy atom. The van der Waals surface area contributed by atoms with E-state index in [2.05, 4.69) is 4.74 Å². The van der Waals surface area contributed by atoms with Crippen LogP contribution in [0.1, 0.15) is 19.8 Å². The van der Waals surface area contributed by atoms with Crippen molar-refractivity contribution in [2.45, 2.75) is 31.9 Å². The number of carboxylic acids is 1. The van der Waals surface area contributed by atoms with Gasteiger partial charge in [0.2, 0.25) is 5.91 Å². The Kier molecular flexibility index (Phi) is 5.32. The molecule has 0 aliphatic carbocycles. The summed E-state index contributed by atoms with van der Waals surface area (Å²) in [6, 6.07) is -1.14. The lowest BCUT2D eigenvalue weighted by atomic mass is 10.2. The number of hydrogen-bond acceptors (Lipinski definition) is 5. The van der Waals surface area contributed by atoms with E-state index in [0.717, 1.165) is 0 Å². The number of aliphatic carboxylic acids is 1. The molecule has 2 atom stereocenters. The first-order valence-electron chi connectivity index (χ1n) is 4.29. The molecule has 7 nitrogen and oxygen atoms in total. The Morgan fingerprint density at radius 1 is 1.33 bits per heavy atom. The third kappa shape index (κ3) is 6.44. The van der Waals surface area contributed by atoms with Gasteiger partial charge in [-0.05, 0) is 6.92 Å². The van der Waals surface area contributed by atoms with Gasteiger partial charge >= 0.3 is 11.9 Å². The second-order valence-electron chi connectivity index (χ2n) is 3.12. The molecule has 5 N–H and O–H groups in total. The van der Waals surface area contributed by atoms with Gasteiger partial charge in [-0.25, -0.2) is 0 Å². The molecular weight excluding hydrogens is 204 g/mol. The van der Waals surface area contributed by atoms with E-state index in [1.807, 2.05) is 0 Å². The van der Waals surface area contributed by atoms with Crippen molar-refractivity contribution in [1.82, 2.24) is 0 Å². The van der Waals surface area contributed by atoms with E-state index in [4.69, 9.17) is 16.6 Å². The molecule has 0 aliphatic heterocycles. The molecule has 0 saturated heterocycles. The van der Waals surface area contributed by atoms with Crippen LogP contribution in [0.25, 0.3) is 0 Å². The molecule has 1 amide bonds. The van der Waals surface area contributed by atoms with Crippen LogP contribution in [0, 0.1) is 0 Å². The first-order chi connectivity index (χ1) is 6.82. The van der Waals surface area contributed by atoms with Crippen LogP contribution in [0.15, 0.2) is 0 Å². The molecule has 0 aromatic carbocycles. The quantitative estimate of drug-likeness (QED) is 0.469. The predicted molar refractivity (Wildman–Crippen MR) is 49.6 cm³/mol. The van der Waals surface area contributed by atoms with Crippen molar-refractivity contribution in [1.29, 1.82) is 0 Å². The standard InChI is InChI=1S/C8H14N2O5/c1-4(2-7(12)13)15-8(14)5(9)3-6(10)11/h4-5H,2-3,9H2,1H3,(H2,10,11)(H,12,13)/t4-,5+/m1/s1. The molecule has 0 radical (unpaired) electrons. The molecule has 0 aromatic heterocycles. The summed E-state index contributed by atoms with van der Waals surface area (Å²) in [5.74, 6) is -2.63. The number of ether oxygens (including phenoxy) is 1. The van der Waals surface area contributed by atoms with E-state index in [1.54, 1.807) is 0 Å². The van der Waals surface area contributed by atoms with Crippen molar-refractivity contribution >= 4 is 17.8 Å². The summed E-state index contributed by atoms with van der Waals surface area (Å²) in [5, 5.41) is 8.38. The summed E-state index contributed by atoms with van der Waals surface area (Å²) in [5.41, 5.74) is 10.1. The number of primary amides is 1. The average molecular weight is 218 g/mol. The van der Waals surface area contributed by atoms with Crippen LogP contribution in [0.5, 0.6) is 0 Å². The summed E-state index contributed by atoms with van der Waals surface area (Å²) in [6.45, 7) is 1.42. The number of rotatable bonds is 6. The number of hydrogen-bond donors (Lipinski definition) is 3.